The molecule has 4 rings (SSSR count). The molecule has 0 saturated heterocycles. The lowest BCUT2D eigenvalue weighted by atomic mass is 10.1. The van der Waals surface area contributed by atoms with Gasteiger partial charge in [-0.15, -0.1) is 23.1 Å². The normalized spacial score (nSPS) is 10.9. The maximum Gasteiger partial charge on any atom is 0.225 e. The van der Waals surface area contributed by atoms with Crippen molar-refractivity contribution in [1.82, 2.24) is 9.97 Å². The third kappa shape index (κ3) is 4.98. The number of nitrogens with zero attached hydrogens (tertiary/aromatic N) is 2. The summed E-state index contributed by atoms with van der Waals surface area (Å²) in [5, 5.41) is 6.55. The molecule has 0 aliphatic heterocycles. The highest BCUT2D eigenvalue weighted by Crippen LogP contribution is 2.38. The summed E-state index contributed by atoms with van der Waals surface area (Å²) in [5.74, 6) is 0.134. The van der Waals surface area contributed by atoms with Crippen molar-refractivity contribution >= 4 is 50.7 Å². The Hall–Kier alpha value is -3.10. The van der Waals surface area contributed by atoms with Gasteiger partial charge in [-0.2, -0.15) is 0 Å². The molecule has 0 fully saturated rings. The highest BCUT2D eigenvalue weighted by Gasteiger charge is 2.14. The molecule has 0 unspecified atom stereocenters. The van der Waals surface area contributed by atoms with Gasteiger partial charge in [-0.05, 0) is 48.9 Å². The third-order valence-electron chi connectivity index (χ3n) is 4.63. The van der Waals surface area contributed by atoms with Gasteiger partial charge in [-0.1, -0.05) is 12.1 Å². The largest absolute Gasteiger partial charge is 0.326 e. The highest BCUT2D eigenvalue weighted by molar-refractivity contribution is 7.99. The molecule has 2 heterocycles. The van der Waals surface area contributed by atoms with Gasteiger partial charge in [-0.3, -0.25) is 9.59 Å². The van der Waals surface area contributed by atoms with Crippen molar-refractivity contribution in [2.24, 2.45) is 0 Å². The average molecular weight is 452 g/mol. The lowest BCUT2D eigenvalue weighted by Gasteiger charge is -2.07. The van der Waals surface area contributed by atoms with Gasteiger partial charge in [0.1, 0.15) is 22.0 Å². The van der Waals surface area contributed by atoms with Gasteiger partial charge in [-0.25, -0.2) is 14.4 Å². The van der Waals surface area contributed by atoms with Crippen molar-refractivity contribution in [2.75, 3.05) is 11.1 Å². The number of amides is 1. The Labute approximate surface area is 186 Å². The number of hydrogen-bond acceptors (Lipinski definition) is 6. The number of anilines is 1. The fourth-order valence-corrected chi connectivity index (χ4v) is 4.99. The van der Waals surface area contributed by atoms with E-state index in [-0.39, 0.29) is 17.5 Å². The number of nitrogens with one attached hydrogen (secondary N) is 1. The number of thioether (sulfide) groups is 1. The van der Waals surface area contributed by atoms with Crippen LogP contribution in [0, 0.1) is 5.82 Å². The molecular formula is C23H18FN3O2S2. The molecule has 0 atom stereocenters. The summed E-state index contributed by atoms with van der Waals surface area (Å²) in [6.45, 7) is 1.50. The molecule has 8 heteroatoms. The molecule has 0 spiro atoms. The van der Waals surface area contributed by atoms with E-state index in [9.17, 15) is 14.0 Å². The second kappa shape index (κ2) is 9.36. The number of thiophene rings is 1. The van der Waals surface area contributed by atoms with Gasteiger partial charge in [0.2, 0.25) is 5.91 Å². The van der Waals surface area contributed by atoms with E-state index >= 15 is 0 Å². The van der Waals surface area contributed by atoms with E-state index < -0.39 is 0 Å². The molecular weight excluding hydrogens is 433 g/mol. The van der Waals surface area contributed by atoms with E-state index in [0.29, 0.717) is 23.4 Å². The molecule has 156 valence electrons. The number of halogens is 1. The minimum Gasteiger partial charge on any atom is -0.326 e. The van der Waals surface area contributed by atoms with E-state index in [2.05, 4.69) is 15.3 Å². The van der Waals surface area contributed by atoms with E-state index in [1.165, 1.54) is 48.5 Å². The maximum absolute atomic E-state index is 13.3. The van der Waals surface area contributed by atoms with Crippen molar-refractivity contribution in [1.29, 1.82) is 0 Å². The predicted octanol–water partition coefficient (Wildman–Crippen LogP) is 5.82. The zero-order valence-corrected chi connectivity index (χ0v) is 18.2. The fourth-order valence-electron chi connectivity index (χ4n) is 3.05. The standard InChI is InChI=1S/C23H18FN3O2S2/c1-14(28)15-4-8-18(9-5-15)27-20(29)10-11-30-22-21-19(12-31-23(21)26-13-25-22)16-2-6-17(24)7-3-16/h2-9,12-13H,10-11H2,1H3,(H,27,29). The number of rotatable bonds is 7. The summed E-state index contributed by atoms with van der Waals surface area (Å²) >= 11 is 3.00. The van der Waals surface area contributed by atoms with Crippen LogP contribution in [0.3, 0.4) is 0 Å². The zero-order valence-electron chi connectivity index (χ0n) is 16.6. The summed E-state index contributed by atoms with van der Waals surface area (Å²) in [7, 11) is 0. The number of aromatic nitrogens is 2. The molecule has 0 radical (unpaired) electrons. The lowest BCUT2D eigenvalue weighted by molar-refractivity contribution is -0.115. The third-order valence-corrected chi connectivity index (χ3v) is 6.51. The lowest BCUT2D eigenvalue weighted by Crippen LogP contribution is -2.12. The molecule has 1 amide bonds. The van der Waals surface area contributed by atoms with Crippen LogP contribution >= 0.6 is 23.1 Å². The van der Waals surface area contributed by atoms with Crippen LogP contribution in [0.5, 0.6) is 0 Å². The van der Waals surface area contributed by atoms with Crippen LogP contribution in [-0.4, -0.2) is 27.4 Å². The van der Waals surface area contributed by atoms with Crippen LogP contribution in [0.25, 0.3) is 21.3 Å². The smallest absolute Gasteiger partial charge is 0.225 e. The van der Waals surface area contributed by atoms with Gasteiger partial charge < -0.3 is 5.32 Å². The van der Waals surface area contributed by atoms with Gasteiger partial charge in [0.25, 0.3) is 0 Å². The average Bonchev–Trinajstić information content (AvgIpc) is 3.20. The van der Waals surface area contributed by atoms with Crippen LogP contribution in [-0.2, 0) is 4.79 Å². The first-order chi connectivity index (χ1) is 15.0. The van der Waals surface area contributed by atoms with Gasteiger partial charge in [0.15, 0.2) is 5.78 Å². The minimum absolute atomic E-state index is 0.0149. The Morgan fingerprint density at radius 1 is 1.06 bits per heavy atom. The first kappa shape index (κ1) is 21.1. The molecule has 5 nitrogen and oxygen atoms in total. The summed E-state index contributed by atoms with van der Waals surface area (Å²) in [5.41, 5.74) is 3.11. The number of carbonyl (C=O) groups is 2. The molecule has 1 N–H and O–H groups in total. The monoisotopic (exact) mass is 451 g/mol. The number of fused-ring (bicyclic) bond motifs is 1. The Balaban J connectivity index is 1.43. The van der Waals surface area contributed by atoms with Crippen LogP contribution in [0.15, 0.2) is 65.3 Å². The van der Waals surface area contributed by atoms with Crippen LogP contribution in [0.4, 0.5) is 10.1 Å². The van der Waals surface area contributed by atoms with E-state index in [1.54, 1.807) is 36.4 Å². The van der Waals surface area contributed by atoms with Gasteiger partial charge in [0, 0.05) is 34.4 Å². The molecule has 0 saturated carbocycles. The van der Waals surface area contributed by atoms with Crippen LogP contribution in [0.2, 0.25) is 0 Å². The summed E-state index contributed by atoms with van der Waals surface area (Å²) < 4.78 is 13.3. The second-order valence-electron chi connectivity index (χ2n) is 6.80. The van der Waals surface area contributed by atoms with Crippen LogP contribution < -0.4 is 5.32 Å². The number of Topliss-reactive ketones (excluding diaryl/α,β-unsaturated/α-hetero) is 1. The SMILES string of the molecule is CC(=O)c1ccc(NC(=O)CCSc2ncnc3scc(-c4ccc(F)cc4)c23)cc1. The van der Waals surface area contributed by atoms with E-state index in [1.807, 2.05) is 5.38 Å². The zero-order chi connectivity index (χ0) is 21.8. The van der Waals surface area contributed by atoms with Crippen molar-refractivity contribution in [2.45, 2.75) is 18.4 Å². The van der Waals surface area contributed by atoms with Crippen molar-refractivity contribution in [3.63, 3.8) is 0 Å². The number of ketones is 1. The van der Waals surface area contributed by atoms with E-state index in [0.717, 1.165) is 26.4 Å². The van der Waals surface area contributed by atoms with Gasteiger partial charge in [0.05, 0.1) is 5.39 Å². The topological polar surface area (TPSA) is 72.0 Å². The van der Waals surface area contributed by atoms with Crippen molar-refractivity contribution in [3.8, 4) is 11.1 Å². The predicted molar refractivity (Wildman–Crippen MR) is 123 cm³/mol. The molecule has 2 aromatic heterocycles. The van der Waals surface area contributed by atoms with Crippen molar-refractivity contribution < 1.29 is 14.0 Å². The molecule has 4 aromatic rings. The van der Waals surface area contributed by atoms with Crippen LogP contribution in [0.1, 0.15) is 23.7 Å². The minimum atomic E-state index is -0.281. The second-order valence-corrected chi connectivity index (χ2v) is 8.74. The summed E-state index contributed by atoms with van der Waals surface area (Å²) in [6, 6.07) is 13.2. The van der Waals surface area contributed by atoms with Crippen molar-refractivity contribution in [3.05, 3.63) is 71.6 Å². The summed E-state index contributed by atoms with van der Waals surface area (Å²) in [4.78, 5) is 33.2. The Morgan fingerprint density at radius 3 is 2.52 bits per heavy atom. The molecule has 2 aromatic carbocycles. The number of benzene rings is 2. The Morgan fingerprint density at radius 2 is 1.81 bits per heavy atom. The molecule has 0 aliphatic carbocycles. The first-order valence-electron chi connectivity index (χ1n) is 9.53. The quantitative estimate of drug-likeness (QED) is 0.218. The highest BCUT2D eigenvalue weighted by atomic mass is 32.2. The first-order valence-corrected chi connectivity index (χ1v) is 11.4. The number of hydrogen-bond donors (Lipinski definition) is 1. The number of carbonyl (C=O) groups excluding carboxylic acids is 2. The van der Waals surface area contributed by atoms with E-state index in [4.69, 9.17) is 0 Å². The summed E-state index contributed by atoms with van der Waals surface area (Å²) in [6.07, 6.45) is 1.83. The van der Waals surface area contributed by atoms with Gasteiger partial charge >= 0.3 is 0 Å². The fraction of sp³-hybridized carbons (Fsp3) is 0.130. The Bertz CT molecular complexity index is 1240. The molecule has 0 bridgehead atoms. The molecule has 31 heavy (non-hydrogen) atoms. The Kier molecular flexibility index (Phi) is 6.39. The molecule has 0 aliphatic rings. The maximum atomic E-state index is 13.3.